The van der Waals surface area contributed by atoms with E-state index in [-0.39, 0.29) is 11.7 Å². The molecule has 1 rings (SSSR count). The second-order valence-corrected chi connectivity index (χ2v) is 6.04. The molecule has 0 aliphatic rings. The number of aryl methyl sites for hydroxylation is 2. The van der Waals surface area contributed by atoms with Crippen molar-refractivity contribution in [2.24, 2.45) is 5.92 Å². The number of carbonyl (C=O) groups is 1. The number of hydrogen-bond acceptors (Lipinski definition) is 5. The summed E-state index contributed by atoms with van der Waals surface area (Å²) < 4.78 is 0. The molecule has 5 nitrogen and oxygen atoms in total. The van der Waals surface area contributed by atoms with Crippen LogP contribution < -0.4 is 5.32 Å². The Kier molecular flexibility index (Phi) is 6.46. The molecule has 6 heteroatoms. The third-order valence-corrected chi connectivity index (χ3v) is 3.34. The lowest BCUT2D eigenvalue weighted by atomic mass is 10.1. The Morgan fingerprint density at radius 2 is 2.00 bits per heavy atom. The monoisotopic (exact) mass is 292 g/mol. The van der Waals surface area contributed by atoms with E-state index in [0.717, 1.165) is 11.4 Å². The third kappa shape index (κ3) is 6.02. The maximum Gasteiger partial charge on any atom is 0.231 e. The van der Waals surface area contributed by atoms with Crippen molar-refractivity contribution in [1.29, 1.82) is 5.26 Å². The van der Waals surface area contributed by atoms with Crippen molar-refractivity contribution < 1.29 is 4.79 Å². The molecule has 0 saturated carbocycles. The topological polar surface area (TPSA) is 78.7 Å². The van der Waals surface area contributed by atoms with Crippen LogP contribution in [-0.2, 0) is 4.79 Å². The summed E-state index contributed by atoms with van der Waals surface area (Å²) in [5.74, 6) is 0.430. The van der Waals surface area contributed by atoms with E-state index < -0.39 is 6.04 Å². The van der Waals surface area contributed by atoms with Gasteiger partial charge < -0.3 is 5.32 Å². The van der Waals surface area contributed by atoms with E-state index in [1.54, 1.807) is 0 Å². The molecule has 108 valence electrons. The second-order valence-electron chi connectivity index (χ2n) is 5.10. The fourth-order valence-corrected chi connectivity index (χ4v) is 2.50. The Labute approximate surface area is 124 Å². The van der Waals surface area contributed by atoms with Gasteiger partial charge in [0.15, 0.2) is 5.16 Å². The minimum atomic E-state index is -0.428. The predicted molar refractivity (Wildman–Crippen MR) is 79.2 cm³/mol. The molecule has 0 saturated heterocycles. The molecule has 1 aromatic heterocycles. The van der Waals surface area contributed by atoms with Crippen LogP contribution in [0, 0.1) is 31.1 Å². The second kappa shape index (κ2) is 7.85. The van der Waals surface area contributed by atoms with Crippen molar-refractivity contribution in [3.8, 4) is 6.07 Å². The molecule has 1 heterocycles. The lowest BCUT2D eigenvalue weighted by Crippen LogP contribution is -2.35. The van der Waals surface area contributed by atoms with Gasteiger partial charge in [-0.2, -0.15) is 5.26 Å². The fourth-order valence-electron chi connectivity index (χ4n) is 1.74. The molecule has 0 bridgehead atoms. The van der Waals surface area contributed by atoms with Crippen molar-refractivity contribution in [1.82, 2.24) is 15.3 Å². The van der Waals surface area contributed by atoms with Crippen LogP contribution in [0.4, 0.5) is 0 Å². The Morgan fingerprint density at radius 1 is 1.40 bits per heavy atom. The summed E-state index contributed by atoms with van der Waals surface area (Å²) >= 11 is 1.28. The first-order chi connectivity index (χ1) is 9.40. The van der Waals surface area contributed by atoms with E-state index in [1.807, 2.05) is 33.8 Å². The molecule has 0 spiro atoms. The van der Waals surface area contributed by atoms with E-state index in [1.165, 1.54) is 11.8 Å². The number of rotatable bonds is 6. The summed E-state index contributed by atoms with van der Waals surface area (Å²) in [5, 5.41) is 12.3. The van der Waals surface area contributed by atoms with Gasteiger partial charge >= 0.3 is 0 Å². The number of amides is 1. The first-order valence-corrected chi connectivity index (χ1v) is 7.53. The van der Waals surface area contributed by atoms with Gasteiger partial charge in [-0.15, -0.1) is 0 Å². The van der Waals surface area contributed by atoms with Gasteiger partial charge in [0, 0.05) is 11.4 Å². The average Bonchev–Trinajstić information content (AvgIpc) is 2.34. The average molecular weight is 292 g/mol. The Balaban J connectivity index is 2.48. The smallest absolute Gasteiger partial charge is 0.231 e. The molecule has 1 atom stereocenters. The zero-order chi connectivity index (χ0) is 15.1. The highest BCUT2D eigenvalue weighted by molar-refractivity contribution is 7.99. The number of thioether (sulfide) groups is 1. The van der Waals surface area contributed by atoms with Crippen LogP contribution >= 0.6 is 11.8 Å². The summed E-state index contributed by atoms with van der Waals surface area (Å²) in [6.07, 6.45) is 0.660. The van der Waals surface area contributed by atoms with Gasteiger partial charge in [-0.3, -0.25) is 4.79 Å². The van der Waals surface area contributed by atoms with E-state index in [2.05, 4.69) is 21.4 Å². The quantitative estimate of drug-likeness (QED) is 0.642. The van der Waals surface area contributed by atoms with Crippen LogP contribution in [-0.4, -0.2) is 27.7 Å². The number of nitrogens with zero attached hydrogens (tertiary/aromatic N) is 3. The molecule has 1 aromatic rings. The summed E-state index contributed by atoms with van der Waals surface area (Å²) in [5.41, 5.74) is 1.77. The lowest BCUT2D eigenvalue weighted by molar-refractivity contribution is -0.119. The summed E-state index contributed by atoms with van der Waals surface area (Å²) in [6, 6.07) is 3.57. The molecule has 20 heavy (non-hydrogen) atoms. The van der Waals surface area contributed by atoms with Crippen molar-refractivity contribution in [2.45, 2.75) is 45.3 Å². The molecule has 0 fully saturated rings. The summed E-state index contributed by atoms with van der Waals surface area (Å²) in [7, 11) is 0. The van der Waals surface area contributed by atoms with Crippen LogP contribution in [0.15, 0.2) is 11.2 Å². The van der Waals surface area contributed by atoms with Crippen LogP contribution in [0.5, 0.6) is 0 Å². The lowest BCUT2D eigenvalue weighted by Gasteiger charge is -2.13. The molecule has 0 aliphatic heterocycles. The summed E-state index contributed by atoms with van der Waals surface area (Å²) in [4.78, 5) is 20.3. The number of aromatic nitrogens is 2. The van der Waals surface area contributed by atoms with Gasteiger partial charge in [0.25, 0.3) is 0 Å². The maximum absolute atomic E-state index is 11.8. The van der Waals surface area contributed by atoms with Crippen molar-refractivity contribution in [3.05, 3.63) is 17.5 Å². The van der Waals surface area contributed by atoms with Crippen molar-refractivity contribution in [2.75, 3.05) is 5.75 Å². The first-order valence-electron chi connectivity index (χ1n) is 6.54. The highest BCUT2D eigenvalue weighted by Gasteiger charge is 2.13. The fraction of sp³-hybridized carbons (Fsp3) is 0.571. The van der Waals surface area contributed by atoms with Crippen LogP contribution in [0.2, 0.25) is 0 Å². The molecule has 0 unspecified atom stereocenters. The first kappa shape index (κ1) is 16.4. The number of nitriles is 1. The standard InChI is InChI=1S/C14H20N4OS/c1-9(2)5-12(7-15)18-13(19)8-20-14-16-10(3)6-11(4)17-14/h6,9,12H,5,8H2,1-4H3,(H,18,19)/t12-/m1/s1. The largest absolute Gasteiger partial charge is 0.340 e. The zero-order valence-corrected chi connectivity index (χ0v) is 13.1. The van der Waals surface area contributed by atoms with E-state index in [9.17, 15) is 4.79 Å². The molecule has 0 radical (unpaired) electrons. The van der Waals surface area contributed by atoms with Gasteiger partial charge in [0.2, 0.25) is 5.91 Å². The SMILES string of the molecule is Cc1cc(C)nc(SCC(=O)N[C@@H](C#N)CC(C)C)n1. The third-order valence-electron chi connectivity index (χ3n) is 2.49. The van der Waals surface area contributed by atoms with Crippen LogP contribution in [0.1, 0.15) is 31.7 Å². The van der Waals surface area contributed by atoms with Crippen molar-refractivity contribution in [3.63, 3.8) is 0 Å². The van der Waals surface area contributed by atoms with Crippen LogP contribution in [0.3, 0.4) is 0 Å². The zero-order valence-electron chi connectivity index (χ0n) is 12.3. The number of hydrogen-bond donors (Lipinski definition) is 1. The minimum Gasteiger partial charge on any atom is -0.340 e. The van der Waals surface area contributed by atoms with E-state index >= 15 is 0 Å². The van der Waals surface area contributed by atoms with Gasteiger partial charge in [-0.05, 0) is 32.3 Å². The summed E-state index contributed by atoms with van der Waals surface area (Å²) in [6.45, 7) is 7.84. The molecule has 1 N–H and O–H groups in total. The molecular weight excluding hydrogens is 272 g/mol. The van der Waals surface area contributed by atoms with Gasteiger partial charge in [-0.1, -0.05) is 25.6 Å². The maximum atomic E-state index is 11.8. The van der Waals surface area contributed by atoms with Crippen LogP contribution in [0.25, 0.3) is 0 Å². The Bertz CT molecular complexity index is 490. The minimum absolute atomic E-state index is 0.162. The number of carbonyl (C=O) groups excluding carboxylic acids is 1. The van der Waals surface area contributed by atoms with Gasteiger partial charge in [0.05, 0.1) is 11.8 Å². The predicted octanol–water partition coefficient (Wildman–Crippen LogP) is 2.24. The molecule has 0 aromatic carbocycles. The van der Waals surface area contributed by atoms with E-state index in [4.69, 9.17) is 5.26 Å². The highest BCUT2D eigenvalue weighted by Crippen LogP contribution is 2.14. The molecule has 0 aliphatic carbocycles. The molecule has 1 amide bonds. The van der Waals surface area contributed by atoms with Gasteiger partial charge in [0.1, 0.15) is 6.04 Å². The highest BCUT2D eigenvalue weighted by atomic mass is 32.2. The van der Waals surface area contributed by atoms with E-state index in [0.29, 0.717) is 17.5 Å². The Hall–Kier alpha value is -1.61. The number of nitrogens with one attached hydrogen (secondary N) is 1. The molecular formula is C14H20N4OS. The van der Waals surface area contributed by atoms with Crippen molar-refractivity contribution >= 4 is 17.7 Å². The van der Waals surface area contributed by atoms with Gasteiger partial charge in [-0.25, -0.2) is 9.97 Å². The normalized spacial score (nSPS) is 12.0. The Morgan fingerprint density at radius 3 is 2.50 bits per heavy atom.